The third-order valence-corrected chi connectivity index (χ3v) is 5.61. The van der Waals surface area contributed by atoms with Gasteiger partial charge < -0.3 is 0 Å². The lowest BCUT2D eigenvalue weighted by Crippen LogP contribution is -2.23. The van der Waals surface area contributed by atoms with Crippen molar-refractivity contribution in [2.24, 2.45) is 0 Å². The van der Waals surface area contributed by atoms with Crippen molar-refractivity contribution in [1.82, 2.24) is 19.2 Å². The number of nitrogens with zero attached hydrogens (tertiary/aromatic N) is 4. The summed E-state index contributed by atoms with van der Waals surface area (Å²) in [4.78, 5) is 12.9. The molecule has 0 atom stereocenters. The molecule has 0 spiro atoms. The van der Waals surface area contributed by atoms with Crippen LogP contribution in [0.1, 0.15) is 25.3 Å². The van der Waals surface area contributed by atoms with Crippen molar-refractivity contribution in [3.05, 3.63) is 70.5 Å². The molecule has 0 aliphatic carbocycles. The third-order valence-electron chi connectivity index (χ3n) is 4.68. The largest absolute Gasteiger partial charge is 0.276 e. The molecule has 27 heavy (non-hydrogen) atoms. The second-order valence-corrected chi connectivity index (χ2v) is 7.59. The molecule has 6 heteroatoms. The molecule has 0 unspecified atom stereocenters. The number of hydrogen-bond acceptors (Lipinski definition) is 4. The van der Waals surface area contributed by atoms with Gasteiger partial charge in [-0.1, -0.05) is 67.6 Å². The fraction of sp³-hybridized carbons (Fsp3) is 0.286. The maximum absolute atomic E-state index is 12.9. The zero-order valence-electron chi connectivity index (χ0n) is 15.3. The van der Waals surface area contributed by atoms with Crippen LogP contribution in [0, 0.1) is 0 Å². The molecule has 0 aliphatic heterocycles. The van der Waals surface area contributed by atoms with Crippen LogP contribution in [0.4, 0.5) is 0 Å². The number of benzene rings is 2. The Balaban J connectivity index is 1.73. The summed E-state index contributed by atoms with van der Waals surface area (Å²) in [6.07, 6.45) is 2.93. The SMILES string of the molecule is CCCCn1c(=O)c2ccccc2n2c(SCCc3ccccc3)nnc12. The Kier molecular flexibility index (Phi) is 5.25. The first kappa shape index (κ1) is 17.8. The van der Waals surface area contributed by atoms with Crippen LogP contribution in [0.15, 0.2) is 64.5 Å². The van der Waals surface area contributed by atoms with Gasteiger partial charge in [0.15, 0.2) is 5.16 Å². The molecule has 0 fully saturated rings. The first-order valence-electron chi connectivity index (χ1n) is 9.33. The number of thioether (sulfide) groups is 1. The van der Waals surface area contributed by atoms with E-state index in [0.29, 0.717) is 17.7 Å². The van der Waals surface area contributed by atoms with E-state index in [1.165, 1.54) is 5.56 Å². The number of para-hydroxylation sites is 1. The van der Waals surface area contributed by atoms with E-state index in [1.807, 2.05) is 34.7 Å². The van der Waals surface area contributed by atoms with Crippen molar-refractivity contribution >= 4 is 28.4 Å². The van der Waals surface area contributed by atoms with Gasteiger partial charge in [-0.15, -0.1) is 10.2 Å². The van der Waals surface area contributed by atoms with Crippen LogP contribution in [0.3, 0.4) is 0 Å². The number of unbranched alkanes of at least 4 members (excludes halogenated alkanes) is 1. The molecule has 138 valence electrons. The Labute approximate surface area is 162 Å². The maximum atomic E-state index is 12.9. The van der Waals surface area contributed by atoms with Gasteiger partial charge in [-0.2, -0.15) is 0 Å². The topological polar surface area (TPSA) is 52.2 Å². The highest BCUT2D eigenvalue weighted by molar-refractivity contribution is 7.99. The highest BCUT2D eigenvalue weighted by atomic mass is 32.2. The first-order chi connectivity index (χ1) is 13.3. The zero-order valence-corrected chi connectivity index (χ0v) is 16.2. The van der Waals surface area contributed by atoms with Crippen molar-refractivity contribution < 1.29 is 0 Å². The monoisotopic (exact) mass is 378 g/mol. The average Bonchev–Trinajstić information content (AvgIpc) is 3.13. The summed E-state index contributed by atoms with van der Waals surface area (Å²) in [5.74, 6) is 1.54. The van der Waals surface area contributed by atoms with Gasteiger partial charge in [0.2, 0.25) is 5.78 Å². The number of aryl methyl sites for hydroxylation is 2. The molecule has 0 aliphatic rings. The van der Waals surface area contributed by atoms with Gasteiger partial charge >= 0.3 is 0 Å². The molecule has 2 aromatic carbocycles. The minimum atomic E-state index is 0.0137. The number of aromatic nitrogens is 4. The number of rotatable bonds is 7. The van der Waals surface area contributed by atoms with E-state index >= 15 is 0 Å². The first-order valence-corrected chi connectivity index (χ1v) is 10.3. The fourth-order valence-electron chi connectivity index (χ4n) is 3.25. The summed E-state index contributed by atoms with van der Waals surface area (Å²) in [7, 11) is 0. The van der Waals surface area contributed by atoms with E-state index in [2.05, 4.69) is 41.4 Å². The highest BCUT2D eigenvalue weighted by Gasteiger charge is 2.16. The van der Waals surface area contributed by atoms with E-state index in [9.17, 15) is 4.79 Å². The van der Waals surface area contributed by atoms with E-state index in [-0.39, 0.29) is 5.56 Å². The van der Waals surface area contributed by atoms with Crippen LogP contribution in [0.25, 0.3) is 16.7 Å². The molecule has 5 nitrogen and oxygen atoms in total. The molecule has 4 aromatic rings. The lowest BCUT2D eigenvalue weighted by Gasteiger charge is -2.10. The van der Waals surface area contributed by atoms with Crippen LogP contribution in [-0.2, 0) is 13.0 Å². The van der Waals surface area contributed by atoms with Gasteiger partial charge in [0.05, 0.1) is 10.9 Å². The molecule has 0 bridgehead atoms. The molecule has 0 radical (unpaired) electrons. The predicted octanol–water partition coefficient (Wildman–Crippen LogP) is 4.18. The van der Waals surface area contributed by atoms with Gasteiger partial charge in [-0.25, -0.2) is 0 Å². The van der Waals surface area contributed by atoms with Gasteiger partial charge in [0.25, 0.3) is 5.56 Å². The van der Waals surface area contributed by atoms with Crippen molar-refractivity contribution in [1.29, 1.82) is 0 Å². The Hall–Kier alpha value is -2.60. The molecular formula is C21H22N4OS. The van der Waals surface area contributed by atoms with E-state index in [4.69, 9.17) is 0 Å². The number of hydrogen-bond donors (Lipinski definition) is 0. The molecule has 0 saturated carbocycles. The third kappa shape index (κ3) is 3.49. The molecule has 2 aromatic heterocycles. The van der Waals surface area contributed by atoms with E-state index < -0.39 is 0 Å². The summed E-state index contributed by atoms with van der Waals surface area (Å²) in [5, 5.41) is 10.3. The molecule has 2 heterocycles. The molecule has 0 amide bonds. The molecule has 0 N–H and O–H groups in total. The van der Waals surface area contributed by atoms with Crippen LogP contribution < -0.4 is 5.56 Å². The second kappa shape index (κ2) is 7.96. The van der Waals surface area contributed by atoms with Gasteiger partial charge in [-0.05, 0) is 30.5 Å². The Morgan fingerprint density at radius 2 is 1.78 bits per heavy atom. The fourth-order valence-corrected chi connectivity index (χ4v) is 4.18. The van der Waals surface area contributed by atoms with Crippen molar-refractivity contribution in [3.63, 3.8) is 0 Å². The van der Waals surface area contributed by atoms with Crippen LogP contribution in [-0.4, -0.2) is 24.9 Å². The van der Waals surface area contributed by atoms with Gasteiger partial charge in [0.1, 0.15) is 0 Å². The Morgan fingerprint density at radius 1 is 1.00 bits per heavy atom. The summed E-state index contributed by atoms with van der Waals surface area (Å²) in [6.45, 7) is 2.79. The smallest absolute Gasteiger partial charge is 0.262 e. The number of fused-ring (bicyclic) bond motifs is 3. The Bertz CT molecular complexity index is 1120. The standard InChI is InChI=1S/C21H22N4OS/c1-2-3-14-24-19(26)17-11-7-8-12-18(17)25-20(24)22-23-21(25)27-15-13-16-9-5-4-6-10-16/h4-12H,2-3,13-15H2,1H3. The van der Waals surface area contributed by atoms with Crippen molar-refractivity contribution in [2.45, 2.75) is 37.9 Å². The van der Waals surface area contributed by atoms with Crippen molar-refractivity contribution in [2.75, 3.05) is 5.75 Å². The quantitative estimate of drug-likeness (QED) is 0.453. The maximum Gasteiger partial charge on any atom is 0.262 e. The van der Waals surface area contributed by atoms with E-state index in [1.54, 1.807) is 16.3 Å². The second-order valence-electron chi connectivity index (χ2n) is 6.53. The molecular weight excluding hydrogens is 356 g/mol. The molecule has 0 saturated heterocycles. The Morgan fingerprint density at radius 3 is 2.59 bits per heavy atom. The lowest BCUT2D eigenvalue weighted by atomic mass is 10.2. The summed E-state index contributed by atoms with van der Waals surface area (Å²) in [5.41, 5.74) is 2.20. The van der Waals surface area contributed by atoms with Gasteiger partial charge in [-0.3, -0.25) is 13.8 Å². The van der Waals surface area contributed by atoms with Gasteiger partial charge in [0, 0.05) is 12.3 Å². The summed E-state index contributed by atoms with van der Waals surface area (Å²) in [6, 6.07) is 18.2. The normalized spacial score (nSPS) is 11.4. The van der Waals surface area contributed by atoms with Crippen LogP contribution in [0.2, 0.25) is 0 Å². The minimum absolute atomic E-state index is 0.0137. The summed E-state index contributed by atoms with van der Waals surface area (Å²) >= 11 is 1.68. The van der Waals surface area contributed by atoms with Crippen LogP contribution in [0.5, 0.6) is 0 Å². The van der Waals surface area contributed by atoms with E-state index in [0.717, 1.165) is 35.7 Å². The highest BCUT2D eigenvalue weighted by Crippen LogP contribution is 2.22. The average molecular weight is 379 g/mol. The van der Waals surface area contributed by atoms with Crippen molar-refractivity contribution in [3.8, 4) is 0 Å². The minimum Gasteiger partial charge on any atom is -0.276 e. The summed E-state index contributed by atoms with van der Waals surface area (Å²) < 4.78 is 3.79. The van der Waals surface area contributed by atoms with Crippen LogP contribution >= 0.6 is 11.8 Å². The predicted molar refractivity (Wildman–Crippen MR) is 111 cm³/mol. The lowest BCUT2D eigenvalue weighted by molar-refractivity contribution is 0.620. The molecule has 4 rings (SSSR count). The zero-order chi connectivity index (χ0) is 18.6.